The fourth-order valence-corrected chi connectivity index (χ4v) is 6.23. The minimum absolute atomic E-state index is 0.185. The summed E-state index contributed by atoms with van der Waals surface area (Å²) in [5.41, 5.74) is 4.78. The average molecular weight is 530 g/mol. The number of thiazole rings is 1. The molecule has 0 spiro atoms. The molecule has 0 aliphatic carbocycles. The minimum Gasteiger partial charge on any atom is -0.494 e. The summed E-state index contributed by atoms with van der Waals surface area (Å²) in [6, 6.07) is 15.1. The van der Waals surface area contributed by atoms with Gasteiger partial charge in [-0.25, -0.2) is 9.79 Å². The smallest absolute Gasteiger partial charge is 0.338 e. The van der Waals surface area contributed by atoms with Crippen LogP contribution in [0.4, 0.5) is 0 Å². The van der Waals surface area contributed by atoms with E-state index in [9.17, 15) is 9.59 Å². The Balaban J connectivity index is 1.74. The minimum atomic E-state index is -0.652. The zero-order valence-corrected chi connectivity index (χ0v) is 23.1. The number of benzene rings is 2. The Morgan fingerprint density at radius 3 is 2.47 bits per heavy atom. The van der Waals surface area contributed by atoms with Gasteiger partial charge in [-0.1, -0.05) is 41.7 Å². The predicted octanol–water partition coefficient (Wildman–Crippen LogP) is 4.48. The van der Waals surface area contributed by atoms with Crippen LogP contribution in [0.1, 0.15) is 50.6 Å². The number of carbonyl (C=O) groups is 1. The zero-order chi connectivity index (χ0) is 27.0. The highest BCUT2D eigenvalue weighted by atomic mass is 32.1. The van der Waals surface area contributed by atoms with Crippen LogP contribution in [-0.4, -0.2) is 28.3 Å². The molecule has 1 aliphatic heterocycles. The fraction of sp³-hybridized carbons (Fsp3) is 0.300. The molecule has 0 unspecified atom stereocenters. The van der Waals surface area contributed by atoms with Gasteiger partial charge in [0.2, 0.25) is 0 Å². The van der Waals surface area contributed by atoms with Gasteiger partial charge in [0, 0.05) is 28.7 Å². The lowest BCUT2D eigenvalue weighted by atomic mass is 9.96. The summed E-state index contributed by atoms with van der Waals surface area (Å²) in [5.74, 6) is 0.258. The van der Waals surface area contributed by atoms with Gasteiger partial charge in [-0.3, -0.25) is 9.36 Å². The van der Waals surface area contributed by atoms with Gasteiger partial charge in [-0.15, -0.1) is 0 Å². The molecule has 0 fully saturated rings. The van der Waals surface area contributed by atoms with E-state index < -0.39 is 12.0 Å². The Hall–Kier alpha value is -3.91. The Kier molecular flexibility index (Phi) is 7.08. The lowest BCUT2D eigenvalue weighted by molar-refractivity contribution is -0.139. The third-order valence-electron chi connectivity index (χ3n) is 6.90. The Labute approximate surface area is 225 Å². The van der Waals surface area contributed by atoms with Gasteiger partial charge in [-0.05, 0) is 64.5 Å². The van der Waals surface area contributed by atoms with Crippen LogP contribution in [0.15, 0.2) is 69.6 Å². The van der Waals surface area contributed by atoms with Crippen LogP contribution >= 0.6 is 11.3 Å². The SMILES string of the molecule is CCOC(=O)C1=C(C)N=c2s/c(=C\c3c(C)n(CC)c4ccccc34)c(=O)n2[C@H]1c1ccc(OCC)cc1. The molecule has 0 saturated carbocycles. The normalized spacial score (nSPS) is 15.5. The van der Waals surface area contributed by atoms with Crippen LogP contribution in [0, 0.1) is 6.92 Å². The largest absolute Gasteiger partial charge is 0.494 e. The number of fused-ring (bicyclic) bond motifs is 2. The molecule has 2 aromatic carbocycles. The average Bonchev–Trinajstić information content (AvgIpc) is 3.36. The Bertz CT molecular complexity index is 1740. The summed E-state index contributed by atoms with van der Waals surface area (Å²) >= 11 is 1.34. The highest BCUT2D eigenvalue weighted by Crippen LogP contribution is 2.32. The maximum atomic E-state index is 14.0. The van der Waals surface area contributed by atoms with Crippen LogP contribution in [0.3, 0.4) is 0 Å². The summed E-state index contributed by atoms with van der Waals surface area (Å²) in [6.45, 7) is 11.3. The number of hydrogen-bond donors (Lipinski definition) is 0. The molecule has 0 amide bonds. The second-order valence-electron chi connectivity index (χ2n) is 9.06. The van der Waals surface area contributed by atoms with Crippen LogP contribution in [0.5, 0.6) is 5.75 Å². The summed E-state index contributed by atoms with van der Waals surface area (Å²) in [7, 11) is 0. The van der Waals surface area contributed by atoms with E-state index in [4.69, 9.17) is 14.5 Å². The van der Waals surface area contributed by atoms with E-state index in [1.54, 1.807) is 18.4 Å². The number of ether oxygens (including phenoxy) is 2. The highest BCUT2D eigenvalue weighted by Gasteiger charge is 2.33. The molecule has 5 rings (SSSR count). The number of carbonyl (C=O) groups excluding carboxylic acids is 1. The van der Waals surface area contributed by atoms with Gasteiger partial charge in [0.05, 0.1) is 35.1 Å². The molecule has 1 atom stereocenters. The number of aryl methyl sites for hydroxylation is 1. The summed E-state index contributed by atoms with van der Waals surface area (Å²) in [6.07, 6.45) is 1.96. The number of rotatable bonds is 7. The predicted molar refractivity (Wildman–Crippen MR) is 150 cm³/mol. The summed E-state index contributed by atoms with van der Waals surface area (Å²) in [5, 5.41) is 1.10. The summed E-state index contributed by atoms with van der Waals surface area (Å²) in [4.78, 5) is 32.4. The number of aromatic nitrogens is 2. The summed E-state index contributed by atoms with van der Waals surface area (Å²) < 4.78 is 15.5. The maximum absolute atomic E-state index is 14.0. The standard InChI is InChI=1S/C30H31N3O4S/c1-6-32-19(5)23(22-11-9-10-12-24(22)32)17-25-28(34)33-27(20-13-15-21(16-14-20)36-7-2)26(29(35)37-8-3)18(4)31-30(33)38-25/h9-17,27H,6-8H2,1-5H3/b25-17-/t27-/m0/s1. The van der Waals surface area contributed by atoms with Crippen LogP contribution < -0.4 is 19.6 Å². The van der Waals surface area contributed by atoms with Crippen molar-refractivity contribution in [2.45, 2.75) is 47.2 Å². The molecule has 3 heterocycles. The quantitative estimate of drug-likeness (QED) is 0.331. The first kappa shape index (κ1) is 25.7. The molecule has 0 N–H and O–H groups in total. The second-order valence-corrected chi connectivity index (χ2v) is 10.1. The molecule has 8 heteroatoms. The third kappa shape index (κ3) is 4.28. The van der Waals surface area contributed by atoms with Crippen molar-refractivity contribution in [1.82, 2.24) is 9.13 Å². The molecule has 7 nitrogen and oxygen atoms in total. The van der Waals surface area contributed by atoms with E-state index in [2.05, 4.69) is 30.5 Å². The van der Waals surface area contributed by atoms with Crippen molar-refractivity contribution in [3.05, 3.63) is 96.3 Å². The Morgan fingerprint density at radius 2 is 1.79 bits per heavy atom. The first-order valence-corrected chi connectivity index (χ1v) is 13.7. The van der Waals surface area contributed by atoms with Gasteiger partial charge in [-0.2, -0.15) is 0 Å². The second kappa shape index (κ2) is 10.5. The van der Waals surface area contributed by atoms with Gasteiger partial charge >= 0.3 is 5.97 Å². The van der Waals surface area contributed by atoms with Crippen molar-refractivity contribution in [2.24, 2.45) is 4.99 Å². The molecular formula is C30H31N3O4S. The molecule has 0 radical (unpaired) electrons. The van der Waals surface area contributed by atoms with Crippen LogP contribution in [-0.2, 0) is 16.1 Å². The molecule has 196 valence electrons. The van der Waals surface area contributed by atoms with Gasteiger partial charge in [0.25, 0.3) is 5.56 Å². The van der Waals surface area contributed by atoms with Crippen molar-refractivity contribution in [3.63, 3.8) is 0 Å². The monoisotopic (exact) mass is 529 g/mol. The molecule has 1 aliphatic rings. The van der Waals surface area contributed by atoms with E-state index in [0.717, 1.165) is 40.0 Å². The molecule has 2 aromatic heterocycles. The Morgan fingerprint density at radius 1 is 1.05 bits per heavy atom. The van der Waals surface area contributed by atoms with Gasteiger partial charge in [0.1, 0.15) is 5.75 Å². The topological polar surface area (TPSA) is 74.8 Å². The number of allylic oxidation sites excluding steroid dienone is 1. The fourth-order valence-electron chi connectivity index (χ4n) is 5.20. The van der Waals surface area contributed by atoms with E-state index >= 15 is 0 Å². The third-order valence-corrected chi connectivity index (χ3v) is 7.88. The van der Waals surface area contributed by atoms with Crippen molar-refractivity contribution < 1.29 is 14.3 Å². The van der Waals surface area contributed by atoms with Gasteiger partial charge in [0.15, 0.2) is 4.80 Å². The van der Waals surface area contributed by atoms with E-state index in [1.165, 1.54) is 11.3 Å². The zero-order valence-electron chi connectivity index (χ0n) is 22.3. The van der Waals surface area contributed by atoms with Crippen molar-refractivity contribution in [2.75, 3.05) is 13.2 Å². The maximum Gasteiger partial charge on any atom is 0.338 e. The first-order chi connectivity index (χ1) is 18.4. The van der Waals surface area contributed by atoms with Crippen molar-refractivity contribution in [3.8, 4) is 5.75 Å². The highest BCUT2D eigenvalue weighted by molar-refractivity contribution is 7.07. The van der Waals surface area contributed by atoms with Crippen molar-refractivity contribution >= 4 is 34.3 Å². The first-order valence-electron chi connectivity index (χ1n) is 12.9. The molecule has 4 aromatic rings. The van der Waals surface area contributed by atoms with Crippen LogP contribution in [0.2, 0.25) is 0 Å². The van der Waals surface area contributed by atoms with E-state index in [1.807, 2.05) is 49.4 Å². The molecule has 0 saturated heterocycles. The van der Waals surface area contributed by atoms with Crippen LogP contribution in [0.25, 0.3) is 17.0 Å². The van der Waals surface area contributed by atoms with E-state index in [-0.39, 0.29) is 12.2 Å². The molecule has 38 heavy (non-hydrogen) atoms. The molecule has 0 bridgehead atoms. The number of hydrogen-bond acceptors (Lipinski definition) is 6. The number of esters is 1. The van der Waals surface area contributed by atoms with Gasteiger partial charge < -0.3 is 14.0 Å². The number of para-hydroxylation sites is 1. The van der Waals surface area contributed by atoms with E-state index in [0.29, 0.717) is 27.2 Å². The molecular weight excluding hydrogens is 498 g/mol. The number of nitrogens with zero attached hydrogens (tertiary/aromatic N) is 3. The lowest BCUT2D eigenvalue weighted by Gasteiger charge is -2.24. The van der Waals surface area contributed by atoms with Crippen molar-refractivity contribution in [1.29, 1.82) is 0 Å². The lowest BCUT2D eigenvalue weighted by Crippen LogP contribution is -2.39.